The molecule has 0 aliphatic heterocycles. The van der Waals surface area contributed by atoms with Gasteiger partial charge in [0.25, 0.3) is 5.91 Å². The molecule has 2 amide bonds. The van der Waals surface area contributed by atoms with Crippen LogP contribution in [0.5, 0.6) is 0 Å². The van der Waals surface area contributed by atoms with Gasteiger partial charge < -0.3 is 10.6 Å². The highest BCUT2D eigenvalue weighted by Crippen LogP contribution is 2.15. The Morgan fingerprint density at radius 1 is 0.923 bits per heavy atom. The van der Waals surface area contributed by atoms with Crippen LogP contribution in [0.1, 0.15) is 24.3 Å². The Kier molecular flexibility index (Phi) is 5.07. The van der Waals surface area contributed by atoms with E-state index in [-0.39, 0.29) is 23.4 Å². The first-order valence-corrected chi connectivity index (χ1v) is 8.23. The Morgan fingerprint density at radius 2 is 1.54 bits per heavy atom. The molecule has 132 valence electrons. The predicted molar refractivity (Wildman–Crippen MR) is 99.2 cm³/mol. The van der Waals surface area contributed by atoms with Crippen molar-refractivity contribution in [3.63, 3.8) is 0 Å². The highest BCUT2D eigenvalue weighted by atomic mass is 16.2. The second kappa shape index (κ2) is 7.60. The third-order valence-electron chi connectivity index (χ3n) is 3.65. The molecule has 0 unspecified atom stereocenters. The van der Waals surface area contributed by atoms with E-state index < -0.39 is 0 Å². The fourth-order valence-electron chi connectivity index (χ4n) is 2.17. The fraction of sp³-hybridized carbons (Fsp3) is 0.158. The lowest BCUT2D eigenvalue weighted by Crippen LogP contribution is -2.17. The number of amides is 2. The molecule has 3 aromatic rings. The van der Waals surface area contributed by atoms with Crippen molar-refractivity contribution < 1.29 is 9.59 Å². The summed E-state index contributed by atoms with van der Waals surface area (Å²) >= 11 is 0. The topological polar surface area (TPSA) is 88.9 Å². The number of nitrogens with one attached hydrogen (secondary N) is 2. The summed E-state index contributed by atoms with van der Waals surface area (Å²) in [6.07, 6.45) is 1.42. The zero-order chi connectivity index (χ0) is 18.5. The number of anilines is 2. The predicted octanol–water partition coefficient (Wildman–Crippen LogP) is 3.11. The van der Waals surface area contributed by atoms with Crippen LogP contribution >= 0.6 is 0 Å². The first kappa shape index (κ1) is 17.3. The summed E-state index contributed by atoms with van der Waals surface area (Å²) in [7, 11) is 0. The van der Waals surface area contributed by atoms with Crippen LogP contribution in [0.2, 0.25) is 0 Å². The van der Waals surface area contributed by atoms with Gasteiger partial charge in [-0.15, -0.1) is 5.10 Å². The van der Waals surface area contributed by atoms with Crippen LogP contribution in [0.3, 0.4) is 0 Å². The van der Waals surface area contributed by atoms with Crippen LogP contribution in [-0.2, 0) is 4.79 Å². The molecule has 26 heavy (non-hydrogen) atoms. The summed E-state index contributed by atoms with van der Waals surface area (Å²) in [5.41, 5.74) is 2.27. The molecule has 0 saturated carbocycles. The lowest BCUT2D eigenvalue weighted by Gasteiger charge is -2.08. The van der Waals surface area contributed by atoms with E-state index in [2.05, 4.69) is 20.8 Å². The minimum absolute atomic E-state index is 0.0562. The van der Waals surface area contributed by atoms with E-state index in [1.807, 2.05) is 44.2 Å². The molecule has 2 N–H and O–H groups in total. The van der Waals surface area contributed by atoms with Gasteiger partial charge in [-0.05, 0) is 36.4 Å². The zero-order valence-corrected chi connectivity index (χ0v) is 14.5. The molecule has 0 aliphatic carbocycles. The highest BCUT2D eigenvalue weighted by molar-refractivity contribution is 6.02. The van der Waals surface area contributed by atoms with Crippen molar-refractivity contribution in [3.05, 3.63) is 66.5 Å². The molecule has 7 heteroatoms. The smallest absolute Gasteiger partial charge is 0.277 e. The zero-order valence-electron chi connectivity index (χ0n) is 14.5. The van der Waals surface area contributed by atoms with Gasteiger partial charge in [0.15, 0.2) is 5.69 Å². The van der Waals surface area contributed by atoms with Crippen molar-refractivity contribution in [1.82, 2.24) is 15.0 Å². The van der Waals surface area contributed by atoms with E-state index in [0.717, 1.165) is 5.69 Å². The molecule has 2 aromatic carbocycles. The number of aromatic nitrogens is 3. The minimum atomic E-state index is -0.355. The summed E-state index contributed by atoms with van der Waals surface area (Å²) in [4.78, 5) is 25.4. The summed E-state index contributed by atoms with van der Waals surface area (Å²) in [6.45, 7) is 3.65. The lowest BCUT2D eigenvalue weighted by atomic mass is 10.2. The van der Waals surface area contributed by atoms with Gasteiger partial charge in [0.05, 0.1) is 11.9 Å². The van der Waals surface area contributed by atoms with Gasteiger partial charge in [0, 0.05) is 17.3 Å². The van der Waals surface area contributed by atoms with E-state index in [1.165, 1.54) is 11.0 Å². The second-order valence-electron chi connectivity index (χ2n) is 6.03. The summed E-state index contributed by atoms with van der Waals surface area (Å²) < 4.78 is 0. The number of carbonyl (C=O) groups excluding carboxylic acids is 2. The summed E-state index contributed by atoms with van der Waals surface area (Å²) in [6, 6.07) is 16.3. The fourth-order valence-corrected chi connectivity index (χ4v) is 2.17. The Hall–Kier alpha value is -3.48. The standard InChI is InChI=1S/C19H19N5O2/c1-13(2)18(25)21-14-8-10-15(11-9-14)22-19(26)17-12-20-24(23-17)16-6-4-3-5-7-16/h3-13H,1-2H3,(H,21,25)(H,22,26). The number of hydrogen-bond donors (Lipinski definition) is 2. The van der Waals surface area contributed by atoms with E-state index in [0.29, 0.717) is 11.4 Å². The van der Waals surface area contributed by atoms with Gasteiger partial charge in [-0.2, -0.15) is 9.90 Å². The van der Waals surface area contributed by atoms with Crippen molar-refractivity contribution in [2.24, 2.45) is 5.92 Å². The average molecular weight is 349 g/mol. The molecule has 0 spiro atoms. The summed E-state index contributed by atoms with van der Waals surface area (Å²) in [5, 5.41) is 13.9. The lowest BCUT2D eigenvalue weighted by molar-refractivity contribution is -0.118. The Bertz CT molecular complexity index is 901. The van der Waals surface area contributed by atoms with E-state index >= 15 is 0 Å². The van der Waals surface area contributed by atoms with Gasteiger partial charge in [-0.3, -0.25) is 9.59 Å². The van der Waals surface area contributed by atoms with Crippen molar-refractivity contribution in [1.29, 1.82) is 0 Å². The third-order valence-corrected chi connectivity index (χ3v) is 3.65. The number of nitrogens with zero attached hydrogens (tertiary/aromatic N) is 3. The van der Waals surface area contributed by atoms with E-state index in [9.17, 15) is 9.59 Å². The SMILES string of the molecule is CC(C)C(=O)Nc1ccc(NC(=O)c2cnn(-c3ccccc3)n2)cc1. The Morgan fingerprint density at radius 3 is 2.15 bits per heavy atom. The number of benzene rings is 2. The molecule has 1 aromatic heterocycles. The maximum absolute atomic E-state index is 12.3. The number of rotatable bonds is 5. The van der Waals surface area contributed by atoms with Gasteiger partial charge in [0.1, 0.15) is 0 Å². The van der Waals surface area contributed by atoms with Crippen molar-refractivity contribution in [2.75, 3.05) is 10.6 Å². The summed E-state index contributed by atoms with van der Waals surface area (Å²) in [5.74, 6) is -0.507. The molecular formula is C19H19N5O2. The maximum atomic E-state index is 12.3. The van der Waals surface area contributed by atoms with Gasteiger partial charge in [-0.25, -0.2) is 0 Å². The third kappa shape index (κ3) is 4.13. The molecule has 0 bridgehead atoms. The molecule has 0 atom stereocenters. The van der Waals surface area contributed by atoms with Gasteiger partial charge in [-0.1, -0.05) is 32.0 Å². The number of carbonyl (C=O) groups is 2. The monoisotopic (exact) mass is 349 g/mol. The largest absolute Gasteiger partial charge is 0.326 e. The molecular weight excluding hydrogens is 330 g/mol. The van der Waals surface area contributed by atoms with E-state index in [1.54, 1.807) is 24.3 Å². The maximum Gasteiger partial charge on any atom is 0.277 e. The van der Waals surface area contributed by atoms with Crippen molar-refractivity contribution >= 4 is 23.2 Å². The van der Waals surface area contributed by atoms with Crippen LogP contribution in [0.4, 0.5) is 11.4 Å². The van der Waals surface area contributed by atoms with E-state index in [4.69, 9.17) is 0 Å². The van der Waals surface area contributed by atoms with Gasteiger partial charge >= 0.3 is 0 Å². The van der Waals surface area contributed by atoms with Crippen molar-refractivity contribution in [2.45, 2.75) is 13.8 Å². The minimum Gasteiger partial charge on any atom is -0.326 e. The number of para-hydroxylation sites is 1. The average Bonchev–Trinajstić information content (AvgIpc) is 3.14. The molecule has 7 nitrogen and oxygen atoms in total. The van der Waals surface area contributed by atoms with Crippen LogP contribution in [0, 0.1) is 5.92 Å². The molecule has 0 fully saturated rings. The molecule has 0 aliphatic rings. The first-order chi connectivity index (χ1) is 12.5. The second-order valence-corrected chi connectivity index (χ2v) is 6.03. The first-order valence-electron chi connectivity index (χ1n) is 8.23. The Labute approximate surface area is 151 Å². The highest BCUT2D eigenvalue weighted by Gasteiger charge is 2.12. The quantitative estimate of drug-likeness (QED) is 0.741. The molecule has 0 radical (unpaired) electrons. The van der Waals surface area contributed by atoms with Crippen LogP contribution in [0.25, 0.3) is 5.69 Å². The normalized spacial score (nSPS) is 10.6. The molecule has 3 rings (SSSR count). The number of hydrogen-bond acceptors (Lipinski definition) is 4. The van der Waals surface area contributed by atoms with Crippen LogP contribution in [-0.4, -0.2) is 26.8 Å². The van der Waals surface area contributed by atoms with Gasteiger partial charge in [0.2, 0.25) is 5.91 Å². The molecule has 1 heterocycles. The van der Waals surface area contributed by atoms with Crippen molar-refractivity contribution in [3.8, 4) is 5.69 Å². The van der Waals surface area contributed by atoms with Crippen LogP contribution in [0.15, 0.2) is 60.8 Å². The molecule has 0 saturated heterocycles. The van der Waals surface area contributed by atoms with Crippen LogP contribution < -0.4 is 10.6 Å². The Balaban J connectivity index is 1.65.